The predicted molar refractivity (Wildman–Crippen MR) is 114 cm³/mol. The maximum Gasteiger partial charge on any atom is 0.246 e. The molecule has 0 spiro atoms. The van der Waals surface area contributed by atoms with Crippen LogP contribution in [0.2, 0.25) is 0 Å². The number of rotatable bonds is 6. The fourth-order valence-electron chi connectivity index (χ4n) is 3.39. The molecule has 0 unspecified atom stereocenters. The van der Waals surface area contributed by atoms with E-state index in [2.05, 4.69) is 16.5 Å². The minimum atomic E-state index is 0.0479. The summed E-state index contributed by atoms with van der Waals surface area (Å²) in [6.07, 6.45) is 3.59. The van der Waals surface area contributed by atoms with Gasteiger partial charge in [-0.3, -0.25) is 9.48 Å². The third kappa shape index (κ3) is 5.07. The Morgan fingerprint density at radius 2 is 2.14 bits per heavy atom. The number of nitrogens with zero attached hydrogens (tertiary/aromatic N) is 5. The predicted octanol–water partition coefficient (Wildman–Crippen LogP) is 1.94. The number of carbonyl (C=O) groups excluding carboxylic acids is 1. The van der Waals surface area contributed by atoms with Gasteiger partial charge in [0, 0.05) is 32.9 Å². The third-order valence-corrected chi connectivity index (χ3v) is 4.81. The summed E-state index contributed by atoms with van der Waals surface area (Å²) in [6.45, 7) is 9.63. The lowest BCUT2D eigenvalue weighted by Crippen LogP contribution is -2.55. The van der Waals surface area contributed by atoms with Crippen LogP contribution in [0.4, 0.5) is 5.69 Å². The van der Waals surface area contributed by atoms with Crippen LogP contribution in [0.15, 0.2) is 35.6 Å². The van der Waals surface area contributed by atoms with Crippen LogP contribution in [0, 0.1) is 6.92 Å². The van der Waals surface area contributed by atoms with Gasteiger partial charge in [0.1, 0.15) is 12.3 Å². The van der Waals surface area contributed by atoms with Gasteiger partial charge in [0.25, 0.3) is 0 Å². The first-order chi connectivity index (χ1) is 14.0. The van der Waals surface area contributed by atoms with Gasteiger partial charge in [-0.25, -0.2) is 4.99 Å². The average molecular weight is 399 g/mol. The van der Waals surface area contributed by atoms with Crippen molar-refractivity contribution in [1.29, 1.82) is 0 Å². The molecule has 0 saturated carbocycles. The first-order valence-electron chi connectivity index (χ1n) is 10.1. The van der Waals surface area contributed by atoms with E-state index in [0.29, 0.717) is 26.2 Å². The summed E-state index contributed by atoms with van der Waals surface area (Å²) < 4.78 is 7.31. The lowest BCUT2D eigenvalue weighted by atomic mass is 10.1. The van der Waals surface area contributed by atoms with E-state index in [1.807, 2.05) is 51.0 Å². The molecule has 1 aliphatic heterocycles. The molecule has 156 valence electrons. The lowest BCUT2D eigenvalue weighted by molar-refractivity contribution is -0.120. The Morgan fingerprint density at radius 1 is 1.31 bits per heavy atom. The Labute approximate surface area is 172 Å². The number of aliphatic imine (C=N–C) groups is 1. The van der Waals surface area contributed by atoms with E-state index in [1.54, 1.807) is 15.8 Å². The van der Waals surface area contributed by atoms with E-state index >= 15 is 0 Å². The van der Waals surface area contributed by atoms with E-state index < -0.39 is 0 Å². The number of hydrogen-bond acceptors (Lipinski definition) is 4. The zero-order valence-electron chi connectivity index (χ0n) is 17.7. The maximum absolute atomic E-state index is 12.7. The molecule has 0 bridgehead atoms. The highest BCUT2D eigenvalue weighted by molar-refractivity contribution is 5.98. The second kappa shape index (κ2) is 9.45. The van der Waals surface area contributed by atoms with Gasteiger partial charge < -0.3 is 19.9 Å². The fourth-order valence-corrected chi connectivity index (χ4v) is 3.39. The SMILES string of the molecule is CCNC(=NCc1ccc(OCC)c(C)c1)N1CCN(c2cnn(C)c2)C(=O)C1. The number of amides is 1. The van der Waals surface area contributed by atoms with Crippen molar-refractivity contribution in [3.8, 4) is 5.75 Å². The Hall–Kier alpha value is -3.03. The number of carbonyl (C=O) groups is 1. The van der Waals surface area contributed by atoms with Crippen LogP contribution in [-0.2, 0) is 18.4 Å². The molecule has 0 radical (unpaired) electrons. The molecular formula is C21H30N6O2. The van der Waals surface area contributed by atoms with E-state index in [4.69, 9.17) is 9.73 Å². The molecule has 8 nitrogen and oxygen atoms in total. The molecule has 1 aromatic carbocycles. The second-order valence-electron chi connectivity index (χ2n) is 7.04. The molecule has 0 atom stereocenters. The first-order valence-corrected chi connectivity index (χ1v) is 10.1. The normalized spacial score (nSPS) is 15.0. The number of ether oxygens (including phenoxy) is 1. The van der Waals surface area contributed by atoms with Gasteiger partial charge in [0.15, 0.2) is 5.96 Å². The topological polar surface area (TPSA) is 75.0 Å². The molecule has 1 N–H and O–H groups in total. The van der Waals surface area contributed by atoms with Crippen LogP contribution in [0.5, 0.6) is 5.75 Å². The number of guanidine groups is 1. The van der Waals surface area contributed by atoms with Crippen molar-refractivity contribution in [3.63, 3.8) is 0 Å². The molecule has 1 aliphatic rings. The number of nitrogens with one attached hydrogen (secondary N) is 1. The third-order valence-electron chi connectivity index (χ3n) is 4.81. The molecule has 1 amide bonds. The van der Waals surface area contributed by atoms with Gasteiger partial charge in [-0.05, 0) is 38.0 Å². The first kappa shape index (κ1) is 20.7. The Bertz CT molecular complexity index is 876. The smallest absolute Gasteiger partial charge is 0.246 e. The van der Waals surface area contributed by atoms with Crippen molar-refractivity contribution in [2.24, 2.45) is 12.0 Å². The van der Waals surface area contributed by atoms with Gasteiger partial charge in [0.2, 0.25) is 5.91 Å². The monoisotopic (exact) mass is 398 g/mol. The van der Waals surface area contributed by atoms with E-state index in [9.17, 15) is 4.79 Å². The number of hydrogen-bond donors (Lipinski definition) is 1. The standard InChI is InChI=1S/C21H30N6O2/c1-5-22-21(23-12-17-7-8-19(29-6-2)16(3)11-17)26-9-10-27(20(28)15-26)18-13-24-25(4)14-18/h7-8,11,13-14H,5-6,9-10,12,15H2,1-4H3,(H,22,23). The van der Waals surface area contributed by atoms with Gasteiger partial charge in [-0.1, -0.05) is 12.1 Å². The van der Waals surface area contributed by atoms with E-state index in [-0.39, 0.29) is 5.91 Å². The molecule has 2 aromatic rings. The molecular weight excluding hydrogens is 368 g/mol. The van der Waals surface area contributed by atoms with E-state index in [1.165, 1.54) is 0 Å². The molecule has 2 heterocycles. The second-order valence-corrected chi connectivity index (χ2v) is 7.04. The number of anilines is 1. The van der Waals surface area contributed by atoms with Gasteiger partial charge >= 0.3 is 0 Å². The lowest BCUT2D eigenvalue weighted by Gasteiger charge is -2.35. The summed E-state index contributed by atoms with van der Waals surface area (Å²) >= 11 is 0. The maximum atomic E-state index is 12.7. The molecule has 1 fully saturated rings. The summed E-state index contributed by atoms with van der Waals surface area (Å²) in [5, 5.41) is 7.47. The minimum Gasteiger partial charge on any atom is -0.494 e. The van der Waals surface area contributed by atoms with Crippen molar-refractivity contribution in [1.82, 2.24) is 20.0 Å². The fraction of sp³-hybridized carbons (Fsp3) is 0.476. The van der Waals surface area contributed by atoms with Crippen molar-refractivity contribution in [2.75, 3.05) is 37.7 Å². The zero-order valence-corrected chi connectivity index (χ0v) is 17.7. The summed E-state index contributed by atoms with van der Waals surface area (Å²) in [4.78, 5) is 21.3. The number of aryl methyl sites for hydroxylation is 2. The molecule has 1 aromatic heterocycles. The largest absolute Gasteiger partial charge is 0.494 e. The van der Waals surface area contributed by atoms with Crippen molar-refractivity contribution in [3.05, 3.63) is 41.7 Å². The molecule has 1 saturated heterocycles. The molecule has 29 heavy (non-hydrogen) atoms. The Morgan fingerprint density at radius 3 is 2.76 bits per heavy atom. The summed E-state index contributed by atoms with van der Waals surface area (Å²) in [5.74, 6) is 1.72. The average Bonchev–Trinajstić information content (AvgIpc) is 3.13. The molecule has 8 heteroatoms. The zero-order chi connectivity index (χ0) is 20.8. The van der Waals surface area contributed by atoms with Crippen molar-refractivity contribution in [2.45, 2.75) is 27.3 Å². The highest BCUT2D eigenvalue weighted by Gasteiger charge is 2.27. The van der Waals surface area contributed by atoms with Gasteiger partial charge in [-0.2, -0.15) is 5.10 Å². The van der Waals surface area contributed by atoms with Crippen LogP contribution >= 0.6 is 0 Å². The van der Waals surface area contributed by atoms with Crippen LogP contribution in [0.1, 0.15) is 25.0 Å². The highest BCUT2D eigenvalue weighted by atomic mass is 16.5. The van der Waals surface area contributed by atoms with Crippen LogP contribution in [0.25, 0.3) is 0 Å². The quantitative estimate of drug-likeness (QED) is 0.595. The van der Waals surface area contributed by atoms with Crippen LogP contribution in [-0.4, -0.2) is 59.3 Å². The minimum absolute atomic E-state index is 0.0479. The number of piperazine rings is 1. The summed E-state index contributed by atoms with van der Waals surface area (Å²) in [5.41, 5.74) is 3.05. The molecule has 0 aliphatic carbocycles. The number of aromatic nitrogens is 2. The number of benzene rings is 1. The van der Waals surface area contributed by atoms with Crippen LogP contribution in [0.3, 0.4) is 0 Å². The van der Waals surface area contributed by atoms with Crippen molar-refractivity contribution < 1.29 is 9.53 Å². The summed E-state index contributed by atoms with van der Waals surface area (Å²) in [7, 11) is 1.85. The summed E-state index contributed by atoms with van der Waals surface area (Å²) in [6, 6.07) is 6.13. The highest BCUT2D eigenvalue weighted by Crippen LogP contribution is 2.20. The van der Waals surface area contributed by atoms with Crippen LogP contribution < -0.4 is 15.0 Å². The van der Waals surface area contributed by atoms with Gasteiger partial charge in [-0.15, -0.1) is 0 Å². The Balaban J connectivity index is 1.68. The molecule has 3 rings (SSSR count). The Kier molecular flexibility index (Phi) is 6.74. The van der Waals surface area contributed by atoms with E-state index in [0.717, 1.165) is 41.6 Å². The van der Waals surface area contributed by atoms with Gasteiger partial charge in [0.05, 0.1) is 25.0 Å². The van der Waals surface area contributed by atoms with Crippen molar-refractivity contribution >= 4 is 17.6 Å².